The predicted octanol–water partition coefficient (Wildman–Crippen LogP) is -0.468. The summed E-state index contributed by atoms with van der Waals surface area (Å²) in [5.41, 5.74) is 0.262. The minimum atomic E-state index is -3.80. The number of hydrogen-bond acceptors (Lipinski definition) is 4. The van der Waals surface area contributed by atoms with Gasteiger partial charge in [-0.2, -0.15) is 0 Å². The van der Waals surface area contributed by atoms with Crippen molar-refractivity contribution in [3.05, 3.63) is 18.0 Å². The average Bonchev–Trinajstić information content (AvgIpc) is 2.72. The number of sulfonamides is 1. The Kier molecular flexibility index (Phi) is 4.88. The van der Waals surface area contributed by atoms with Crippen molar-refractivity contribution in [1.82, 2.24) is 9.88 Å². The third-order valence-corrected chi connectivity index (χ3v) is 3.25. The van der Waals surface area contributed by atoms with Crippen molar-refractivity contribution >= 4 is 15.9 Å². The lowest BCUT2D eigenvalue weighted by Gasteiger charge is -2.06. The second-order valence-electron chi connectivity index (χ2n) is 3.64. The number of aromatic nitrogens is 1. The molecule has 0 bridgehead atoms. The van der Waals surface area contributed by atoms with E-state index in [0.29, 0.717) is 19.7 Å². The molecule has 0 aliphatic rings. The molecule has 0 saturated carbocycles. The van der Waals surface area contributed by atoms with Crippen molar-refractivity contribution < 1.29 is 17.9 Å². The van der Waals surface area contributed by atoms with Crippen LogP contribution in [0.5, 0.6) is 0 Å². The van der Waals surface area contributed by atoms with E-state index in [4.69, 9.17) is 9.88 Å². The van der Waals surface area contributed by atoms with Crippen LogP contribution < -0.4 is 10.5 Å². The normalized spacial score (nSPS) is 11.5. The lowest BCUT2D eigenvalue weighted by atomic mass is 10.4. The van der Waals surface area contributed by atoms with Gasteiger partial charge in [0.2, 0.25) is 10.0 Å². The molecule has 0 aliphatic carbocycles. The predicted molar refractivity (Wildman–Crippen MR) is 65.7 cm³/mol. The highest BCUT2D eigenvalue weighted by Crippen LogP contribution is 2.13. The largest absolute Gasteiger partial charge is 0.383 e. The van der Waals surface area contributed by atoms with E-state index >= 15 is 0 Å². The number of amides is 1. The molecule has 3 N–H and O–H groups in total. The second-order valence-corrected chi connectivity index (χ2v) is 5.20. The van der Waals surface area contributed by atoms with E-state index < -0.39 is 10.0 Å². The number of nitrogens with zero attached hydrogens (tertiary/aromatic N) is 1. The maximum Gasteiger partial charge on any atom is 0.268 e. The molecule has 1 aromatic rings. The highest BCUT2D eigenvalue weighted by Gasteiger charge is 2.17. The van der Waals surface area contributed by atoms with Gasteiger partial charge < -0.3 is 14.6 Å². The van der Waals surface area contributed by atoms with Crippen LogP contribution in [0.2, 0.25) is 0 Å². The molecule has 102 valence electrons. The monoisotopic (exact) mass is 275 g/mol. The summed E-state index contributed by atoms with van der Waals surface area (Å²) in [6.07, 6.45) is 1.35. The van der Waals surface area contributed by atoms with Crippen LogP contribution in [-0.4, -0.2) is 39.2 Å². The minimum Gasteiger partial charge on any atom is -0.383 e. The number of methoxy groups -OCH3 is 1. The van der Waals surface area contributed by atoms with E-state index in [1.54, 1.807) is 6.92 Å². The standard InChI is InChI=1S/C10H17N3O4S/c1-3-13-7-8(18(11,15)16)6-9(13)10(14)12-4-5-17-2/h6-7H,3-5H2,1-2H3,(H,12,14)(H2,11,15,16). The molecular weight excluding hydrogens is 258 g/mol. The fraction of sp³-hybridized carbons (Fsp3) is 0.500. The van der Waals surface area contributed by atoms with Crippen molar-refractivity contribution in [1.29, 1.82) is 0 Å². The average molecular weight is 275 g/mol. The number of carbonyl (C=O) groups excluding carboxylic acids is 1. The highest BCUT2D eigenvalue weighted by molar-refractivity contribution is 7.89. The van der Waals surface area contributed by atoms with Crippen LogP contribution in [0.25, 0.3) is 0 Å². The Labute approximate surface area is 106 Å². The Bertz CT molecular complexity index is 521. The van der Waals surface area contributed by atoms with Crippen LogP contribution in [-0.2, 0) is 21.3 Å². The zero-order valence-corrected chi connectivity index (χ0v) is 11.2. The summed E-state index contributed by atoms with van der Waals surface area (Å²) in [6, 6.07) is 1.26. The van der Waals surface area contributed by atoms with Crippen molar-refractivity contribution in [3.8, 4) is 0 Å². The zero-order chi connectivity index (χ0) is 13.8. The van der Waals surface area contributed by atoms with Crippen LogP contribution in [0.1, 0.15) is 17.4 Å². The zero-order valence-electron chi connectivity index (χ0n) is 10.3. The fourth-order valence-electron chi connectivity index (χ4n) is 1.45. The number of nitrogens with one attached hydrogen (secondary N) is 1. The van der Waals surface area contributed by atoms with Gasteiger partial charge in [0.25, 0.3) is 5.91 Å². The summed E-state index contributed by atoms with van der Waals surface area (Å²) >= 11 is 0. The number of primary sulfonamides is 1. The van der Waals surface area contributed by atoms with E-state index in [0.717, 1.165) is 0 Å². The van der Waals surface area contributed by atoms with Gasteiger partial charge in [-0.3, -0.25) is 4.79 Å². The Balaban J connectivity index is 2.94. The van der Waals surface area contributed by atoms with Crippen molar-refractivity contribution in [2.45, 2.75) is 18.4 Å². The number of carbonyl (C=O) groups is 1. The van der Waals surface area contributed by atoms with Gasteiger partial charge in [0.1, 0.15) is 10.6 Å². The van der Waals surface area contributed by atoms with Gasteiger partial charge in [-0.25, -0.2) is 13.6 Å². The maximum atomic E-state index is 11.8. The van der Waals surface area contributed by atoms with Crippen molar-refractivity contribution in [2.75, 3.05) is 20.3 Å². The number of ether oxygens (including phenoxy) is 1. The Morgan fingerprint density at radius 1 is 1.56 bits per heavy atom. The molecule has 1 rings (SSSR count). The van der Waals surface area contributed by atoms with E-state index in [1.165, 1.54) is 23.9 Å². The summed E-state index contributed by atoms with van der Waals surface area (Å²) in [6.45, 7) is 3.02. The summed E-state index contributed by atoms with van der Waals surface area (Å²) in [5, 5.41) is 7.64. The third-order valence-electron chi connectivity index (χ3n) is 2.37. The molecule has 0 radical (unpaired) electrons. The first-order valence-electron chi connectivity index (χ1n) is 5.40. The molecular formula is C10H17N3O4S. The molecule has 0 aliphatic heterocycles. The molecule has 0 unspecified atom stereocenters. The lowest BCUT2D eigenvalue weighted by molar-refractivity contribution is 0.0928. The third kappa shape index (κ3) is 3.56. The van der Waals surface area contributed by atoms with Gasteiger partial charge in [-0.15, -0.1) is 0 Å². The van der Waals surface area contributed by atoms with Crippen LogP contribution in [0.4, 0.5) is 0 Å². The second kappa shape index (κ2) is 5.98. The van der Waals surface area contributed by atoms with Gasteiger partial charge in [-0.05, 0) is 13.0 Å². The molecule has 1 heterocycles. The molecule has 0 fully saturated rings. The number of rotatable bonds is 6. The molecule has 0 spiro atoms. The molecule has 7 nitrogen and oxygen atoms in total. The number of nitrogens with two attached hydrogens (primary N) is 1. The first-order valence-corrected chi connectivity index (χ1v) is 6.95. The van der Waals surface area contributed by atoms with Crippen LogP contribution >= 0.6 is 0 Å². The summed E-state index contributed by atoms with van der Waals surface area (Å²) in [5.74, 6) is -0.358. The van der Waals surface area contributed by atoms with Gasteiger partial charge >= 0.3 is 0 Å². The van der Waals surface area contributed by atoms with E-state index in [1.807, 2.05) is 0 Å². The smallest absolute Gasteiger partial charge is 0.268 e. The highest BCUT2D eigenvalue weighted by atomic mass is 32.2. The van der Waals surface area contributed by atoms with Gasteiger partial charge in [-0.1, -0.05) is 0 Å². The SMILES string of the molecule is CCn1cc(S(N)(=O)=O)cc1C(=O)NCCOC. The van der Waals surface area contributed by atoms with Crippen molar-refractivity contribution in [3.63, 3.8) is 0 Å². The van der Waals surface area contributed by atoms with Crippen LogP contribution in [0, 0.1) is 0 Å². The number of aryl methyl sites for hydroxylation is 1. The van der Waals surface area contributed by atoms with Gasteiger partial charge in [0, 0.05) is 26.4 Å². The molecule has 1 amide bonds. The Hall–Kier alpha value is -1.38. The first kappa shape index (κ1) is 14.7. The Morgan fingerprint density at radius 3 is 2.72 bits per heavy atom. The first-order chi connectivity index (χ1) is 8.40. The van der Waals surface area contributed by atoms with Crippen molar-refractivity contribution in [2.24, 2.45) is 5.14 Å². The fourth-order valence-corrected chi connectivity index (χ4v) is 2.00. The quantitative estimate of drug-likeness (QED) is 0.685. The molecule has 0 saturated heterocycles. The van der Waals surface area contributed by atoms with Gasteiger partial charge in [0.15, 0.2) is 0 Å². The van der Waals surface area contributed by atoms with Crippen LogP contribution in [0.3, 0.4) is 0 Å². The van der Waals surface area contributed by atoms with E-state index in [-0.39, 0.29) is 16.5 Å². The Morgan fingerprint density at radius 2 is 2.22 bits per heavy atom. The van der Waals surface area contributed by atoms with Gasteiger partial charge in [0.05, 0.1) is 6.61 Å². The summed E-state index contributed by atoms with van der Waals surface area (Å²) in [7, 11) is -2.27. The lowest BCUT2D eigenvalue weighted by Crippen LogP contribution is -2.28. The maximum absolute atomic E-state index is 11.8. The number of hydrogen-bond donors (Lipinski definition) is 2. The molecule has 1 aromatic heterocycles. The van der Waals surface area contributed by atoms with E-state index in [9.17, 15) is 13.2 Å². The summed E-state index contributed by atoms with van der Waals surface area (Å²) < 4.78 is 28.8. The molecule has 18 heavy (non-hydrogen) atoms. The topological polar surface area (TPSA) is 103 Å². The summed E-state index contributed by atoms with van der Waals surface area (Å²) in [4.78, 5) is 11.7. The molecule has 0 atom stereocenters. The molecule has 0 aromatic carbocycles. The van der Waals surface area contributed by atoms with E-state index in [2.05, 4.69) is 5.32 Å². The minimum absolute atomic E-state index is 0.0683. The molecule has 8 heteroatoms. The van der Waals surface area contributed by atoms with Crippen LogP contribution in [0.15, 0.2) is 17.2 Å².